The molecule has 1 aliphatic carbocycles. The fourth-order valence-corrected chi connectivity index (χ4v) is 8.31. The highest BCUT2D eigenvalue weighted by Gasteiger charge is 2.32. The van der Waals surface area contributed by atoms with Crippen molar-refractivity contribution >= 4 is 72.3 Å². The fraction of sp³-hybridized carbons (Fsp3) is 0.118. The van der Waals surface area contributed by atoms with Gasteiger partial charge in [-0.1, -0.05) is 75.3 Å². The number of thiazole rings is 1. The zero-order chi connectivity index (χ0) is 31.2. The van der Waals surface area contributed by atoms with E-state index in [1.165, 1.54) is 29.0 Å². The Morgan fingerprint density at radius 3 is 2.56 bits per heavy atom. The van der Waals surface area contributed by atoms with E-state index in [1.54, 1.807) is 16.7 Å². The molecule has 11 heteroatoms. The van der Waals surface area contributed by atoms with Crippen LogP contribution in [0.2, 0.25) is 5.02 Å². The topological polar surface area (TPSA) is 86.7 Å². The molecule has 0 spiro atoms. The second-order valence-electron chi connectivity index (χ2n) is 10.7. The molecule has 0 saturated heterocycles. The van der Waals surface area contributed by atoms with Crippen LogP contribution < -0.4 is 19.6 Å². The van der Waals surface area contributed by atoms with E-state index in [0.29, 0.717) is 30.1 Å². The molecule has 224 valence electrons. The third-order valence-corrected chi connectivity index (χ3v) is 10.2. The normalized spacial score (nSPS) is 15.6. The molecule has 0 saturated carbocycles. The minimum absolute atomic E-state index is 0.0155. The standard InChI is InChI=1S/C34H22Br2ClN3O4S/c35-23-15-22(32(28(36)17-23)44-18-19-5-12-25(13-6-19)40(42)43)16-29-33(41)39-31(21-7-10-24(37)11-8-21)27-14-9-20-3-1-2-4-26(20)30(27)38-34(39)45-29/h1-8,10-13,15-17,31H,9,14,18H2/b29-16+/t31-/m0/s1. The summed E-state index contributed by atoms with van der Waals surface area (Å²) in [5.74, 6) is 0.546. The van der Waals surface area contributed by atoms with E-state index >= 15 is 0 Å². The fourth-order valence-electron chi connectivity index (χ4n) is 5.82. The summed E-state index contributed by atoms with van der Waals surface area (Å²) >= 11 is 14.8. The van der Waals surface area contributed by atoms with Gasteiger partial charge in [-0.3, -0.25) is 19.5 Å². The van der Waals surface area contributed by atoms with Gasteiger partial charge in [0.1, 0.15) is 12.4 Å². The van der Waals surface area contributed by atoms with E-state index in [0.717, 1.165) is 45.3 Å². The number of nitro groups is 1. The van der Waals surface area contributed by atoms with Crippen LogP contribution in [0.3, 0.4) is 0 Å². The average Bonchev–Trinajstić information content (AvgIpc) is 3.34. The number of hydrogen-bond acceptors (Lipinski definition) is 6. The molecule has 0 amide bonds. The Morgan fingerprint density at radius 2 is 1.80 bits per heavy atom. The molecule has 0 radical (unpaired) electrons. The first-order chi connectivity index (χ1) is 21.8. The highest BCUT2D eigenvalue weighted by Crippen LogP contribution is 2.41. The highest BCUT2D eigenvalue weighted by atomic mass is 79.9. The van der Waals surface area contributed by atoms with E-state index in [-0.39, 0.29) is 23.9 Å². The van der Waals surface area contributed by atoms with Crippen LogP contribution in [0, 0.1) is 10.1 Å². The molecule has 0 N–H and O–H groups in total. The predicted octanol–water partition coefficient (Wildman–Crippen LogP) is 7.98. The average molecular weight is 764 g/mol. The summed E-state index contributed by atoms with van der Waals surface area (Å²) in [5, 5.41) is 11.7. The number of fused-ring (bicyclic) bond motifs is 3. The van der Waals surface area contributed by atoms with Crippen LogP contribution in [-0.4, -0.2) is 9.49 Å². The van der Waals surface area contributed by atoms with Crippen molar-refractivity contribution in [2.45, 2.75) is 25.5 Å². The summed E-state index contributed by atoms with van der Waals surface area (Å²) in [7, 11) is 0. The Kier molecular flexibility index (Phi) is 8.07. The van der Waals surface area contributed by atoms with Crippen molar-refractivity contribution in [2.75, 3.05) is 0 Å². The maximum atomic E-state index is 14.3. The Balaban J connectivity index is 1.35. The SMILES string of the molecule is O=c1/c(=C\c2cc(Br)cc(Br)c2OCc2ccc([N+](=O)[O-])cc2)sc2n1[C@@H](c1ccc(Cl)cc1)C1=C(N=2)c2ccccc2CC1. The number of hydrogen-bond donors (Lipinski definition) is 0. The molecular formula is C34H22Br2ClN3O4S. The third kappa shape index (κ3) is 5.72. The lowest BCUT2D eigenvalue weighted by Crippen LogP contribution is -2.38. The largest absolute Gasteiger partial charge is 0.487 e. The van der Waals surface area contributed by atoms with E-state index in [9.17, 15) is 14.9 Å². The number of halogens is 3. The molecule has 5 aromatic rings. The van der Waals surface area contributed by atoms with Crippen LogP contribution in [0.1, 0.15) is 40.3 Å². The molecule has 2 aliphatic rings. The zero-order valence-electron chi connectivity index (χ0n) is 23.4. The minimum Gasteiger partial charge on any atom is -0.487 e. The van der Waals surface area contributed by atoms with Gasteiger partial charge in [0.05, 0.1) is 25.7 Å². The molecule has 45 heavy (non-hydrogen) atoms. The predicted molar refractivity (Wildman–Crippen MR) is 183 cm³/mol. The molecule has 0 fully saturated rings. The van der Waals surface area contributed by atoms with Crippen molar-refractivity contribution < 1.29 is 9.66 Å². The number of aromatic nitrogens is 1. The maximum Gasteiger partial charge on any atom is 0.271 e. The van der Waals surface area contributed by atoms with Crippen LogP contribution in [0.4, 0.5) is 5.69 Å². The molecule has 2 heterocycles. The van der Waals surface area contributed by atoms with Crippen LogP contribution in [-0.2, 0) is 13.0 Å². The van der Waals surface area contributed by atoms with E-state index in [1.807, 2.05) is 48.5 Å². The summed E-state index contributed by atoms with van der Waals surface area (Å²) in [5.41, 5.74) is 6.73. The van der Waals surface area contributed by atoms with Gasteiger partial charge in [-0.2, -0.15) is 0 Å². The lowest BCUT2D eigenvalue weighted by atomic mass is 9.83. The number of benzene rings is 4. The van der Waals surface area contributed by atoms with Crippen LogP contribution in [0.15, 0.2) is 109 Å². The van der Waals surface area contributed by atoms with Crippen molar-refractivity contribution in [3.8, 4) is 5.75 Å². The lowest BCUT2D eigenvalue weighted by Gasteiger charge is -2.30. The molecule has 0 bridgehead atoms. The smallest absolute Gasteiger partial charge is 0.271 e. The first kappa shape index (κ1) is 29.9. The van der Waals surface area contributed by atoms with Gasteiger partial charge in [-0.15, -0.1) is 0 Å². The number of allylic oxidation sites excluding steroid dienone is 1. The van der Waals surface area contributed by atoms with Gasteiger partial charge in [-0.05, 0) is 93.5 Å². The lowest BCUT2D eigenvalue weighted by molar-refractivity contribution is -0.384. The number of aryl methyl sites for hydroxylation is 1. The second kappa shape index (κ2) is 12.2. The van der Waals surface area contributed by atoms with Crippen LogP contribution >= 0.6 is 54.8 Å². The molecule has 1 atom stereocenters. The number of rotatable bonds is 6. The van der Waals surface area contributed by atoms with Gasteiger partial charge in [0.15, 0.2) is 4.80 Å². The minimum atomic E-state index is -0.434. The van der Waals surface area contributed by atoms with Crippen molar-refractivity contribution in [1.82, 2.24) is 4.57 Å². The van der Waals surface area contributed by atoms with Crippen LogP contribution in [0.25, 0.3) is 11.8 Å². The van der Waals surface area contributed by atoms with Crippen molar-refractivity contribution in [2.24, 2.45) is 4.99 Å². The Bertz CT molecular complexity index is 2210. The van der Waals surface area contributed by atoms with E-state index in [2.05, 4.69) is 50.1 Å². The van der Waals surface area contributed by atoms with Gasteiger partial charge in [0.25, 0.3) is 11.2 Å². The van der Waals surface area contributed by atoms with Crippen molar-refractivity contribution in [3.63, 3.8) is 0 Å². The van der Waals surface area contributed by atoms with Gasteiger partial charge in [-0.25, -0.2) is 4.99 Å². The van der Waals surface area contributed by atoms with Crippen molar-refractivity contribution in [1.29, 1.82) is 0 Å². The van der Waals surface area contributed by atoms with Gasteiger partial charge >= 0.3 is 0 Å². The maximum absolute atomic E-state index is 14.3. The summed E-state index contributed by atoms with van der Waals surface area (Å²) in [6, 6.07) is 25.7. The van der Waals surface area contributed by atoms with Crippen LogP contribution in [0.5, 0.6) is 5.75 Å². The third-order valence-electron chi connectivity index (χ3n) is 7.91. The molecular weight excluding hydrogens is 742 g/mol. The summed E-state index contributed by atoms with van der Waals surface area (Å²) < 4.78 is 10.1. The Hall–Kier alpha value is -3.83. The van der Waals surface area contributed by atoms with Gasteiger partial charge < -0.3 is 4.74 Å². The Morgan fingerprint density at radius 1 is 1.04 bits per heavy atom. The molecule has 0 unspecified atom stereocenters. The molecule has 4 aromatic carbocycles. The monoisotopic (exact) mass is 761 g/mol. The molecule has 1 aliphatic heterocycles. The molecule has 1 aromatic heterocycles. The van der Waals surface area contributed by atoms with Gasteiger partial charge in [0.2, 0.25) is 0 Å². The highest BCUT2D eigenvalue weighted by molar-refractivity contribution is 9.11. The quantitative estimate of drug-likeness (QED) is 0.130. The number of non-ortho nitro benzene ring substituents is 1. The van der Waals surface area contributed by atoms with E-state index < -0.39 is 4.92 Å². The summed E-state index contributed by atoms with van der Waals surface area (Å²) in [6.45, 7) is 0.184. The Labute approximate surface area is 283 Å². The van der Waals surface area contributed by atoms with Gasteiger partial charge in [0, 0.05) is 32.8 Å². The first-order valence-corrected chi connectivity index (χ1v) is 16.8. The number of nitrogens with zero attached hydrogens (tertiary/aromatic N) is 3. The van der Waals surface area contributed by atoms with E-state index in [4.69, 9.17) is 21.3 Å². The zero-order valence-corrected chi connectivity index (χ0v) is 28.1. The number of nitro benzene ring substituents is 1. The summed E-state index contributed by atoms with van der Waals surface area (Å²) in [4.78, 5) is 30.6. The number of ether oxygens (including phenoxy) is 1. The summed E-state index contributed by atoms with van der Waals surface area (Å²) in [6.07, 6.45) is 3.51. The first-order valence-electron chi connectivity index (χ1n) is 14.0. The van der Waals surface area contributed by atoms with Crippen molar-refractivity contribution in [3.05, 3.63) is 162 Å². The molecule has 7 nitrogen and oxygen atoms in total. The second-order valence-corrected chi connectivity index (χ2v) is 13.9. The molecule has 7 rings (SSSR count).